The minimum absolute atomic E-state index is 0.000934. The fourth-order valence-electron chi connectivity index (χ4n) is 3.68. The van der Waals surface area contributed by atoms with Gasteiger partial charge in [-0.05, 0) is 26.0 Å². The third-order valence-electron chi connectivity index (χ3n) is 5.18. The molecular formula is C22H27FN8O2. The molecule has 3 aromatic rings. The molecule has 33 heavy (non-hydrogen) atoms. The van der Waals surface area contributed by atoms with Crippen molar-refractivity contribution in [2.45, 2.75) is 44.6 Å². The summed E-state index contributed by atoms with van der Waals surface area (Å²) in [6, 6.07) is 3.22. The van der Waals surface area contributed by atoms with Crippen LogP contribution < -0.4 is 16.4 Å². The smallest absolute Gasteiger partial charge is 0.274 e. The SMILES string of the molecule is CC(C)(O)Cn1cc(-c2cc(-c3cnc(N)c(C(=O)NC4CNCC(F)C4)n3)ccn2)cn1. The summed E-state index contributed by atoms with van der Waals surface area (Å²) < 4.78 is 15.3. The molecule has 1 aliphatic rings. The normalized spacial score (nSPS) is 18.8. The summed E-state index contributed by atoms with van der Waals surface area (Å²) in [4.78, 5) is 25.7. The van der Waals surface area contributed by atoms with Gasteiger partial charge in [0.2, 0.25) is 0 Å². The van der Waals surface area contributed by atoms with Crippen LogP contribution in [-0.2, 0) is 6.54 Å². The first-order valence-electron chi connectivity index (χ1n) is 10.7. The molecule has 3 aromatic heterocycles. The predicted octanol–water partition coefficient (Wildman–Crippen LogP) is 1.18. The highest BCUT2D eigenvalue weighted by Crippen LogP contribution is 2.24. The zero-order valence-corrected chi connectivity index (χ0v) is 18.5. The molecule has 0 radical (unpaired) electrons. The third-order valence-corrected chi connectivity index (χ3v) is 5.18. The Balaban J connectivity index is 1.56. The molecule has 2 unspecified atom stereocenters. The maximum absolute atomic E-state index is 13.6. The number of anilines is 1. The molecule has 174 valence electrons. The first kappa shape index (κ1) is 22.7. The monoisotopic (exact) mass is 454 g/mol. The maximum Gasteiger partial charge on any atom is 0.274 e. The number of carbonyl (C=O) groups is 1. The van der Waals surface area contributed by atoms with Crippen LogP contribution in [0.5, 0.6) is 0 Å². The van der Waals surface area contributed by atoms with Crippen LogP contribution >= 0.6 is 0 Å². The van der Waals surface area contributed by atoms with E-state index in [1.165, 1.54) is 6.20 Å². The highest BCUT2D eigenvalue weighted by atomic mass is 19.1. The van der Waals surface area contributed by atoms with E-state index in [0.717, 1.165) is 5.56 Å². The molecule has 4 heterocycles. The molecule has 1 amide bonds. The molecule has 1 aliphatic heterocycles. The lowest BCUT2D eigenvalue weighted by molar-refractivity contribution is 0.0577. The fourth-order valence-corrected chi connectivity index (χ4v) is 3.68. The Morgan fingerprint density at radius 2 is 2.12 bits per heavy atom. The Morgan fingerprint density at radius 3 is 2.88 bits per heavy atom. The van der Waals surface area contributed by atoms with E-state index < -0.39 is 17.7 Å². The van der Waals surface area contributed by atoms with E-state index in [1.807, 2.05) is 6.07 Å². The molecule has 0 aliphatic carbocycles. The van der Waals surface area contributed by atoms with Gasteiger partial charge in [0.05, 0.1) is 35.9 Å². The summed E-state index contributed by atoms with van der Waals surface area (Å²) in [5.41, 5.74) is 7.57. The number of nitrogens with one attached hydrogen (secondary N) is 2. The number of amides is 1. The van der Waals surface area contributed by atoms with Crippen molar-refractivity contribution in [3.05, 3.63) is 42.6 Å². The van der Waals surface area contributed by atoms with E-state index >= 15 is 0 Å². The summed E-state index contributed by atoms with van der Waals surface area (Å²) in [7, 11) is 0. The number of aromatic nitrogens is 5. The van der Waals surface area contributed by atoms with E-state index in [9.17, 15) is 14.3 Å². The molecule has 1 fully saturated rings. The number of nitrogens with two attached hydrogens (primary N) is 1. The molecule has 0 spiro atoms. The van der Waals surface area contributed by atoms with Crippen LogP contribution in [0, 0.1) is 0 Å². The number of hydrogen-bond donors (Lipinski definition) is 4. The van der Waals surface area contributed by atoms with Crippen molar-refractivity contribution in [1.82, 2.24) is 35.4 Å². The number of halogens is 1. The van der Waals surface area contributed by atoms with Gasteiger partial charge in [-0.25, -0.2) is 14.4 Å². The molecule has 0 bridgehead atoms. The van der Waals surface area contributed by atoms with Crippen LogP contribution in [0.3, 0.4) is 0 Å². The van der Waals surface area contributed by atoms with Crippen molar-refractivity contribution < 1.29 is 14.3 Å². The molecule has 0 saturated carbocycles. The number of hydrogen-bond acceptors (Lipinski definition) is 8. The molecular weight excluding hydrogens is 427 g/mol. The zero-order chi connectivity index (χ0) is 23.6. The first-order chi connectivity index (χ1) is 15.7. The Kier molecular flexibility index (Phi) is 6.34. The van der Waals surface area contributed by atoms with Gasteiger partial charge in [-0.3, -0.25) is 14.5 Å². The average molecular weight is 455 g/mol. The second-order valence-electron chi connectivity index (χ2n) is 8.82. The Labute approximate surface area is 190 Å². The number of nitrogens with zero attached hydrogens (tertiary/aromatic N) is 5. The maximum atomic E-state index is 13.6. The number of aliphatic hydroxyl groups is 1. The number of nitrogen functional groups attached to an aromatic ring is 1. The number of piperidine rings is 1. The van der Waals surface area contributed by atoms with Gasteiger partial charge in [-0.15, -0.1) is 0 Å². The lowest BCUT2D eigenvalue weighted by atomic mass is 10.1. The van der Waals surface area contributed by atoms with Crippen LogP contribution in [0.4, 0.5) is 10.2 Å². The van der Waals surface area contributed by atoms with Crippen LogP contribution in [-0.4, -0.2) is 66.7 Å². The molecule has 5 N–H and O–H groups in total. The lowest BCUT2D eigenvalue weighted by Crippen LogP contribution is -2.49. The third kappa shape index (κ3) is 5.68. The van der Waals surface area contributed by atoms with Crippen LogP contribution in [0.1, 0.15) is 30.8 Å². The standard InChI is InChI=1S/C22H27FN8O2/c1-22(2,33)12-31-11-14(7-28-31)17-5-13(3-4-26-17)18-10-27-20(24)19(30-18)21(32)29-16-6-15(23)8-25-9-16/h3-5,7,10-11,15-16,25,33H,6,8-9,12H2,1-2H3,(H2,24,27)(H,29,32). The number of alkyl halides is 1. The highest BCUT2D eigenvalue weighted by Gasteiger charge is 2.25. The molecule has 10 nitrogen and oxygen atoms in total. The average Bonchev–Trinajstić information content (AvgIpc) is 3.21. The van der Waals surface area contributed by atoms with Gasteiger partial charge in [-0.2, -0.15) is 5.10 Å². The van der Waals surface area contributed by atoms with Crippen molar-refractivity contribution in [1.29, 1.82) is 0 Å². The minimum Gasteiger partial charge on any atom is -0.389 e. The lowest BCUT2D eigenvalue weighted by Gasteiger charge is -2.26. The van der Waals surface area contributed by atoms with Gasteiger partial charge in [-0.1, -0.05) is 0 Å². The number of rotatable bonds is 6. The fraction of sp³-hybridized carbons (Fsp3) is 0.409. The summed E-state index contributed by atoms with van der Waals surface area (Å²) >= 11 is 0. The Hall–Kier alpha value is -3.44. The van der Waals surface area contributed by atoms with Gasteiger partial charge in [0.1, 0.15) is 6.17 Å². The van der Waals surface area contributed by atoms with Crippen LogP contribution in [0.15, 0.2) is 36.9 Å². The van der Waals surface area contributed by atoms with E-state index in [2.05, 4.69) is 30.7 Å². The van der Waals surface area contributed by atoms with Crippen molar-refractivity contribution in [2.24, 2.45) is 0 Å². The quantitative estimate of drug-likeness (QED) is 0.435. The summed E-state index contributed by atoms with van der Waals surface area (Å²) in [5, 5.41) is 20.0. The molecule has 1 saturated heterocycles. The Morgan fingerprint density at radius 1 is 1.30 bits per heavy atom. The van der Waals surface area contributed by atoms with Crippen molar-refractivity contribution in [2.75, 3.05) is 18.8 Å². The largest absolute Gasteiger partial charge is 0.389 e. The molecule has 2 atom stereocenters. The van der Waals surface area contributed by atoms with Gasteiger partial charge >= 0.3 is 0 Å². The van der Waals surface area contributed by atoms with Crippen molar-refractivity contribution in [3.63, 3.8) is 0 Å². The van der Waals surface area contributed by atoms with Crippen molar-refractivity contribution >= 4 is 11.7 Å². The molecule has 11 heteroatoms. The zero-order valence-electron chi connectivity index (χ0n) is 18.5. The van der Waals surface area contributed by atoms with E-state index in [1.54, 1.807) is 43.2 Å². The molecule has 4 rings (SSSR count). The summed E-state index contributed by atoms with van der Waals surface area (Å²) in [6.45, 7) is 4.52. The Bertz CT molecular complexity index is 1140. The minimum atomic E-state index is -1.01. The summed E-state index contributed by atoms with van der Waals surface area (Å²) in [5.74, 6) is -0.496. The van der Waals surface area contributed by atoms with Gasteiger partial charge in [0, 0.05) is 49.1 Å². The molecule has 0 aromatic carbocycles. The topological polar surface area (TPSA) is 144 Å². The second kappa shape index (κ2) is 9.20. The second-order valence-corrected chi connectivity index (χ2v) is 8.82. The van der Waals surface area contributed by atoms with E-state index in [-0.39, 0.29) is 30.5 Å². The first-order valence-corrected chi connectivity index (χ1v) is 10.7. The van der Waals surface area contributed by atoms with Crippen LogP contribution in [0.2, 0.25) is 0 Å². The van der Waals surface area contributed by atoms with E-state index in [4.69, 9.17) is 5.73 Å². The highest BCUT2D eigenvalue weighted by molar-refractivity contribution is 5.97. The number of pyridine rings is 1. The van der Waals surface area contributed by atoms with Gasteiger partial charge in [0.25, 0.3) is 5.91 Å². The van der Waals surface area contributed by atoms with Crippen LogP contribution in [0.25, 0.3) is 22.5 Å². The van der Waals surface area contributed by atoms with Gasteiger partial charge < -0.3 is 21.5 Å². The van der Waals surface area contributed by atoms with Crippen molar-refractivity contribution in [3.8, 4) is 22.5 Å². The number of carbonyl (C=O) groups excluding carboxylic acids is 1. The summed E-state index contributed by atoms with van der Waals surface area (Å²) in [6.07, 6.45) is 5.81. The van der Waals surface area contributed by atoms with Gasteiger partial charge in [0.15, 0.2) is 11.5 Å². The van der Waals surface area contributed by atoms with E-state index in [0.29, 0.717) is 30.0 Å². The predicted molar refractivity (Wildman–Crippen MR) is 121 cm³/mol.